The first kappa shape index (κ1) is 11.6. The van der Waals surface area contributed by atoms with Crippen LogP contribution in [0.15, 0.2) is 18.2 Å². The van der Waals surface area contributed by atoms with Crippen molar-refractivity contribution in [3.63, 3.8) is 0 Å². The Bertz CT molecular complexity index is 383. The molecule has 80 valence electrons. The Labute approximate surface area is 91.7 Å². The van der Waals surface area contributed by atoms with Gasteiger partial charge in [0, 0.05) is 11.1 Å². The fourth-order valence-corrected chi connectivity index (χ4v) is 1.81. The summed E-state index contributed by atoms with van der Waals surface area (Å²) in [5.41, 5.74) is 2.22. The van der Waals surface area contributed by atoms with Crippen LogP contribution in [0.2, 0.25) is 0 Å². The lowest BCUT2D eigenvalue weighted by atomic mass is 9.83. The predicted octanol–water partition coefficient (Wildman–Crippen LogP) is 3.41. The molecule has 0 fully saturated rings. The molecule has 0 N–H and O–H groups in total. The van der Waals surface area contributed by atoms with Gasteiger partial charge in [0.05, 0.1) is 7.11 Å². The van der Waals surface area contributed by atoms with Gasteiger partial charge in [-0.25, -0.2) is 6.57 Å². The van der Waals surface area contributed by atoms with E-state index in [0.29, 0.717) is 6.54 Å². The maximum absolute atomic E-state index is 6.95. The van der Waals surface area contributed by atoms with Gasteiger partial charge in [0.2, 0.25) is 6.54 Å². The fraction of sp³-hybridized carbons (Fsp3) is 0.462. The van der Waals surface area contributed by atoms with E-state index in [-0.39, 0.29) is 5.41 Å². The molecule has 0 spiro atoms. The minimum Gasteiger partial charge on any atom is -0.496 e. The van der Waals surface area contributed by atoms with E-state index < -0.39 is 0 Å². The van der Waals surface area contributed by atoms with Crippen molar-refractivity contribution in [3.8, 4) is 5.75 Å². The average Bonchev–Trinajstić information content (AvgIpc) is 2.16. The SMILES string of the molecule is [C-]#[N+]Cc1cccc(OC)c1C(C)(C)C. The molecule has 0 aromatic heterocycles. The normalized spacial score (nSPS) is 10.9. The highest BCUT2D eigenvalue weighted by atomic mass is 16.5. The number of nitrogens with zero attached hydrogens (tertiary/aromatic N) is 1. The van der Waals surface area contributed by atoms with Crippen LogP contribution in [0.5, 0.6) is 5.75 Å². The third-order valence-electron chi connectivity index (χ3n) is 2.33. The molecule has 1 rings (SSSR count). The molecule has 0 radical (unpaired) electrons. The van der Waals surface area contributed by atoms with Crippen LogP contribution in [0, 0.1) is 6.57 Å². The first-order chi connectivity index (χ1) is 7.00. The van der Waals surface area contributed by atoms with Crippen molar-refractivity contribution in [2.24, 2.45) is 0 Å². The van der Waals surface area contributed by atoms with Crippen LogP contribution in [0.25, 0.3) is 4.85 Å². The molecule has 0 aliphatic carbocycles. The van der Waals surface area contributed by atoms with Gasteiger partial charge < -0.3 is 9.58 Å². The largest absolute Gasteiger partial charge is 0.496 e. The van der Waals surface area contributed by atoms with E-state index in [1.165, 1.54) is 0 Å². The molecule has 0 unspecified atom stereocenters. The number of ether oxygens (including phenoxy) is 1. The van der Waals surface area contributed by atoms with E-state index in [9.17, 15) is 0 Å². The van der Waals surface area contributed by atoms with E-state index in [4.69, 9.17) is 11.3 Å². The third-order valence-corrected chi connectivity index (χ3v) is 2.33. The number of rotatable bonds is 2. The molecule has 1 aromatic rings. The molecule has 0 heterocycles. The first-order valence-electron chi connectivity index (χ1n) is 5.00. The highest BCUT2D eigenvalue weighted by Crippen LogP contribution is 2.34. The van der Waals surface area contributed by atoms with Gasteiger partial charge in [-0.1, -0.05) is 32.9 Å². The van der Waals surface area contributed by atoms with Crippen molar-refractivity contribution in [1.29, 1.82) is 0 Å². The van der Waals surface area contributed by atoms with E-state index in [0.717, 1.165) is 16.9 Å². The van der Waals surface area contributed by atoms with Crippen LogP contribution in [0.1, 0.15) is 31.9 Å². The van der Waals surface area contributed by atoms with E-state index in [1.807, 2.05) is 18.2 Å². The Morgan fingerprint density at radius 3 is 2.47 bits per heavy atom. The van der Waals surface area contributed by atoms with Crippen molar-refractivity contribution < 1.29 is 4.74 Å². The summed E-state index contributed by atoms with van der Waals surface area (Å²) in [6, 6.07) is 5.89. The van der Waals surface area contributed by atoms with Gasteiger partial charge in [0.25, 0.3) is 0 Å². The van der Waals surface area contributed by atoms with Gasteiger partial charge in [-0.3, -0.25) is 0 Å². The monoisotopic (exact) mass is 203 g/mol. The smallest absolute Gasteiger partial charge is 0.240 e. The molecule has 0 atom stereocenters. The molecule has 0 bridgehead atoms. The standard InChI is InChI=1S/C13H17NO/c1-13(2,3)12-10(9-14-4)7-6-8-11(12)15-5/h6-8H,9H2,1-3,5H3. The second-order valence-corrected chi connectivity index (χ2v) is 4.56. The van der Waals surface area contributed by atoms with Gasteiger partial charge in [-0.15, -0.1) is 0 Å². The summed E-state index contributed by atoms with van der Waals surface area (Å²) in [4.78, 5) is 3.45. The maximum atomic E-state index is 6.95. The number of benzene rings is 1. The number of hydrogen-bond acceptors (Lipinski definition) is 1. The summed E-state index contributed by atoms with van der Waals surface area (Å²) >= 11 is 0. The van der Waals surface area contributed by atoms with Crippen LogP contribution in [-0.2, 0) is 12.0 Å². The Kier molecular flexibility index (Phi) is 3.36. The van der Waals surface area contributed by atoms with Gasteiger partial charge in [-0.05, 0) is 11.5 Å². The summed E-state index contributed by atoms with van der Waals surface area (Å²) in [6.07, 6.45) is 0. The van der Waals surface area contributed by atoms with Crippen molar-refractivity contribution in [2.75, 3.05) is 7.11 Å². The molecule has 0 aliphatic heterocycles. The molecule has 0 aliphatic rings. The zero-order valence-corrected chi connectivity index (χ0v) is 9.79. The number of hydrogen-bond donors (Lipinski definition) is 0. The van der Waals surface area contributed by atoms with Gasteiger partial charge in [0.15, 0.2) is 0 Å². The quantitative estimate of drug-likeness (QED) is 0.671. The lowest BCUT2D eigenvalue weighted by molar-refractivity contribution is 0.396. The highest BCUT2D eigenvalue weighted by molar-refractivity contribution is 5.45. The second-order valence-electron chi connectivity index (χ2n) is 4.56. The molecule has 2 nitrogen and oxygen atoms in total. The predicted molar refractivity (Wildman–Crippen MR) is 62.0 cm³/mol. The summed E-state index contributed by atoms with van der Waals surface area (Å²) in [5.74, 6) is 0.878. The highest BCUT2D eigenvalue weighted by Gasteiger charge is 2.23. The molecular weight excluding hydrogens is 186 g/mol. The van der Waals surface area contributed by atoms with Crippen LogP contribution in [0.3, 0.4) is 0 Å². The van der Waals surface area contributed by atoms with Crippen molar-refractivity contribution in [1.82, 2.24) is 0 Å². The lowest BCUT2D eigenvalue weighted by Crippen LogP contribution is -2.15. The van der Waals surface area contributed by atoms with Crippen molar-refractivity contribution in [3.05, 3.63) is 40.7 Å². The van der Waals surface area contributed by atoms with E-state index >= 15 is 0 Å². The third kappa shape index (κ3) is 2.50. The number of methoxy groups -OCH3 is 1. The second kappa shape index (κ2) is 4.35. The van der Waals surface area contributed by atoms with E-state index in [2.05, 4.69) is 25.6 Å². The summed E-state index contributed by atoms with van der Waals surface area (Å²) in [7, 11) is 1.67. The van der Waals surface area contributed by atoms with Crippen molar-refractivity contribution >= 4 is 0 Å². The van der Waals surface area contributed by atoms with Gasteiger partial charge in [-0.2, -0.15) is 0 Å². The minimum absolute atomic E-state index is 0.00657. The van der Waals surface area contributed by atoms with Crippen LogP contribution >= 0.6 is 0 Å². The van der Waals surface area contributed by atoms with Gasteiger partial charge in [0.1, 0.15) is 5.75 Å². The summed E-state index contributed by atoms with van der Waals surface area (Å²) < 4.78 is 5.36. The molecule has 2 heteroatoms. The molecule has 0 saturated heterocycles. The zero-order chi connectivity index (χ0) is 11.5. The zero-order valence-electron chi connectivity index (χ0n) is 9.79. The molecule has 15 heavy (non-hydrogen) atoms. The molecule has 0 amide bonds. The average molecular weight is 203 g/mol. The summed E-state index contributed by atoms with van der Waals surface area (Å²) in [6.45, 7) is 13.8. The molecule has 0 saturated carbocycles. The van der Waals surface area contributed by atoms with Crippen LogP contribution < -0.4 is 4.74 Å². The van der Waals surface area contributed by atoms with Crippen LogP contribution in [-0.4, -0.2) is 7.11 Å². The lowest BCUT2D eigenvalue weighted by Gasteiger charge is -2.23. The molecule has 1 aromatic carbocycles. The Balaban J connectivity index is 3.35. The fourth-order valence-electron chi connectivity index (χ4n) is 1.81. The Morgan fingerprint density at radius 2 is 2.00 bits per heavy atom. The Morgan fingerprint density at radius 1 is 1.33 bits per heavy atom. The van der Waals surface area contributed by atoms with Gasteiger partial charge >= 0.3 is 0 Å². The minimum atomic E-state index is 0.00657. The maximum Gasteiger partial charge on any atom is 0.240 e. The first-order valence-corrected chi connectivity index (χ1v) is 5.00. The molecular formula is C13H17NO. The van der Waals surface area contributed by atoms with Crippen molar-refractivity contribution in [2.45, 2.75) is 32.7 Å². The topological polar surface area (TPSA) is 13.6 Å². The summed E-state index contributed by atoms with van der Waals surface area (Å²) in [5, 5.41) is 0. The van der Waals surface area contributed by atoms with E-state index in [1.54, 1.807) is 7.11 Å². The van der Waals surface area contributed by atoms with Crippen LogP contribution in [0.4, 0.5) is 0 Å². The Hall–Kier alpha value is -1.49.